The smallest absolute Gasteiger partial charge is 0.232 e. The first-order chi connectivity index (χ1) is 12.7. The van der Waals surface area contributed by atoms with Gasteiger partial charge in [0.05, 0.1) is 29.8 Å². The van der Waals surface area contributed by atoms with Crippen molar-refractivity contribution < 1.29 is 22.3 Å². The van der Waals surface area contributed by atoms with Crippen molar-refractivity contribution in [3.05, 3.63) is 53.3 Å². The van der Waals surface area contributed by atoms with E-state index in [0.29, 0.717) is 11.4 Å². The number of nitrogens with one attached hydrogen (secondary N) is 1. The molecule has 0 saturated carbocycles. The van der Waals surface area contributed by atoms with Crippen LogP contribution >= 0.6 is 11.6 Å². The van der Waals surface area contributed by atoms with E-state index < -0.39 is 21.7 Å². The summed E-state index contributed by atoms with van der Waals surface area (Å²) in [5.41, 5.74) is 0.460. The minimum Gasteiger partial charge on any atom is -0.495 e. The normalized spacial score (nSPS) is 11.1. The lowest BCUT2D eigenvalue weighted by molar-refractivity contribution is -0.116. The highest BCUT2D eigenvalue weighted by molar-refractivity contribution is 7.92. The molecule has 0 aliphatic carbocycles. The Hall–Kier alpha value is -2.32. The van der Waals surface area contributed by atoms with Crippen molar-refractivity contribution in [2.75, 3.05) is 29.5 Å². The fourth-order valence-electron chi connectivity index (χ4n) is 2.46. The van der Waals surface area contributed by atoms with Crippen molar-refractivity contribution in [3.63, 3.8) is 0 Å². The zero-order valence-electron chi connectivity index (χ0n) is 14.9. The van der Waals surface area contributed by atoms with Gasteiger partial charge >= 0.3 is 0 Å². The van der Waals surface area contributed by atoms with E-state index in [0.717, 1.165) is 10.6 Å². The number of ether oxygens (including phenoxy) is 1. The average Bonchev–Trinajstić information content (AvgIpc) is 2.59. The molecule has 9 heteroatoms. The minimum absolute atomic E-state index is 0.0320. The van der Waals surface area contributed by atoms with Crippen LogP contribution in [0.4, 0.5) is 15.8 Å². The zero-order chi connectivity index (χ0) is 20.0. The van der Waals surface area contributed by atoms with Gasteiger partial charge in [0.1, 0.15) is 11.6 Å². The van der Waals surface area contributed by atoms with Gasteiger partial charge < -0.3 is 10.1 Å². The summed E-state index contributed by atoms with van der Waals surface area (Å²) in [6.45, 7) is 0.0756. The van der Waals surface area contributed by atoms with Crippen molar-refractivity contribution in [1.29, 1.82) is 0 Å². The van der Waals surface area contributed by atoms with Crippen LogP contribution in [0, 0.1) is 5.82 Å². The maximum absolute atomic E-state index is 13.6. The molecule has 2 aromatic carbocycles. The first-order valence-corrected chi connectivity index (χ1v) is 10.3. The molecule has 6 nitrogen and oxygen atoms in total. The largest absolute Gasteiger partial charge is 0.495 e. The van der Waals surface area contributed by atoms with Crippen molar-refractivity contribution >= 4 is 38.9 Å². The maximum atomic E-state index is 13.6. The lowest BCUT2D eigenvalue weighted by Crippen LogP contribution is -2.31. The molecular weight excluding hydrogens is 395 g/mol. The third-order valence-corrected chi connectivity index (χ3v) is 5.23. The molecule has 0 saturated heterocycles. The summed E-state index contributed by atoms with van der Waals surface area (Å²) < 4.78 is 44.0. The van der Waals surface area contributed by atoms with Crippen LogP contribution in [0.2, 0.25) is 5.02 Å². The molecule has 0 radical (unpaired) electrons. The SMILES string of the molecule is COc1ccc(N(CCCC(=O)Nc2ccccc2F)S(C)(=O)=O)cc1Cl. The molecule has 0 aliphatic heterocycles. The van der Waals surface area contributed by atoms with Gasteiger partial charge in [-0.1, -0.05) is 23.7 Å². The molecule has 1 N–H and O–H groups in total. The van der Waals surface area contributed by atoms with Gasteiger partial charge in [0.15, 0.2) is 0 Å². The Labute approximate surface area is 162 Å². The molecular formula is C18H20ClFN2O4S. The number of hydrogen-bond acceptors (Lipinski definition) is 4. The maximum Gasteiger partial charge on any atom is 0.232 e. The number of benzene rings is 2. The summed E-state index contributed by atoms with van der Waals surface area (Å²) in [5.74, 6) is -0.504. The van der Waals surface area contributed by atoms with Gasteiger partial charge in [0, 0.05) is 13.0 Å². The first-order valence-electron chi connectivity index (χ1n) is 8.08. The van der Waals surface area contributed by atoms with Gasteiger partial charge in [0.2, 0.25) is 15.9 Å². The second-order valence-corrected chi connectivity index (χ2v) is 8.10. The number of carbonyl (C=O) groups excluding carboxylic acids is 1. The summed E-state index contributed by atoms with van der Waals surface area (Å²) in [7, 11) is -2.11. The van der Waals surface area contributed by atoms with Crippen molar-refractivity contribution in [2.45, 2.75) is 12.8 Å². The molecule has 0 bridgehead atoms. The lowest BCUT2D eigenvalue weighted by Gasteiger charge is -2.23. The van der Waals surface area contributed by atoms with Gasteiger partial charge in [0.25, 0.3) is 0 Å². The van der Waals surface area contributed by atoms with E-state index in [1.165, 1.54) is 31.4 Å². The van der Waals surface area contributed by atoms with Gasteiger partial charge in [-0.3, -0.25) is 9.10 Å². The average molecular weight is 415 g/mol. The van der Waals surface area contributed by atoms with E-state index in [1.807, 2.05) is 0 Å². The van der Waals surface area contributed by atoms with Crippen LogP contribution in [0.3, 0.4) is 0 Å². The summed E-state index contributed by atoms with van der Waals surface area (Å²) >= 11 is 6.07. The second-order valence-electron chi connectivity index (χ2n) is 5.79. The molecule has 0 fully saturated rings. The molecule has 27 heavy (non-hydrogen) atoms. The number of sulfonamides is 1. The van der Waals surface area contributed by atoms with Crippen molar-refractivity contribution in [2.24, 2.45) is 0 Å². The van der Waals surface area contributed by atoms with Crippen LogP contribution in [0.5, 0.6) is 5.75 Å². The number of methoxy groups -OCH3 is 1. The highest BCUT2D eigenvalue weighted by atomic mass is 35.5. The number of carbonyl (C=O) groups is 1. The molecule has 2 aromatic rings. The van der Waals surface area contributed by atoms with Crippen LogP contribution in [-0.2, 0) is 14.8 Å². The first kappa shape index (κ1) is 21.0. The van der Waals surface area contributed by atoms with Crippen LogP contribution in [0.25, 0.3) is 0 Å². The van der Waals surface area contributed by atoms with E-state index in [2.05, 4.69) is 5.32 Å². The van der Waals surface area contributed by atoms with E-state index in [-0.39, 0.29) is 30.1 Å². The monoisotopic (exact) mass is 414 g/mol. The van der Waals surface area contributed by atoms with Crippen LogP contribution in [0.15, 0.2) is 42.5 Å². The Morgan fingerprint density at radius 1 is 1.26 bits per heavy atom. The highest BCUT2D eigenvalue weighted by Gasteiger charge is 2.19. The fraction of sp³-hybridized carbons (Fsp3) is 0.278. The quantitative estimate of drug-likeness (QED) is 0.715. The predicted molar refractivity (Wildman–Crippen MR) is 104 cm³/mol. The summed E-state index contributed by atoms with van der Waals surface area (Å²) in [5, 5.41) is 2.75. The third-order valence-electron chi connectivity index (χ3n) is 3.74. The molecule has 0 spiro atoms. The number of nitrogens with zero attached hydrogens (tertiary/aromatic N) is 1. The van der Waals surface area contributed by atoms with E-state index >= 15 is 0 Å². The van der Waals surface area contributed by atoms with Crippen LogP contribution in [0.1, 0.15) is 12.8 Å². The van der Waals surface area contributed by atoms with Crippen molar-refractivity contribution in [1.82, 2.24) is 0 Å². The Bertz CT molecular complexity index is 921. The summed E-state index contributed by atoms with van der Waals surface area (Å²) in [6.07, 6.45) is 1.35. The second kappa shape index (κ2) is 9.05. The van der Waals surface area contributed by atoms with Gasteiger partial charge in [-0.25, -0.2) is 12.8 Å². The highest BCUT2D eigenvalue weighted by Crippen LogP contribution is 2.30. The van der Waals surface area contributed by atoms with E-state index in [1.54, 1.807) is 18.2 Å². The minimum atomic E-state index is -3.58. The van der Waals surface area contributed by atoms with E-state index in [9.17, 15) is 17.6 Å². The molecule has 0 aliphatic rings. The Kier molecular flexibility index (Phi) is 7.04. The molecule has 146 valence electrons. The number of anilines is 2. The van der Waals surface area contributed by atoms with Gasteiger partial charge in [-0.15, -0.1) is 0 Å². The number of amides is 1. The fourth-order valence-corrected chi connectivity index (χ4v) is 3.66. The number of halogens is 2. The number of rotatable bonds is 8. The molecule has 0 aromatic heterocycles. The van der Waals surface area contributed by atoms with Crippen LogP contribution < -0.4 is 14.4 Å². The van der Waals surface area contributed by atoms with Gasteiger partial charge in [-0.05, 0) is 36.8 Å². The summed E-state index contributed by atoms with van der Waals surface area (Å²) in [6, 6.07) is 10.5. The third kappa shape index (κ3) is 5.83. The molecule has 1 amide bonds. The van der Waals surface area contributed by atoms with Crippen molar-refractivity contribution in [3.8, 4) is 5.75 Å². The zero-order valence-corrected chi connectivity index (χ0v) is 16.5. The standard InChI is InChI=1S/C18H20ClFN2O4S/c1-26-17-10-9-13(12-14(17)19)22(27(2,24)25)11-5-8-18(23)21-16-7-4-3-6-15(16)20/h3-4,6-7,9-10,12H,5,8,11H2,1-2H3,(H,21,23). The topological polar surface area (TPSA) is 75.7 Å². The Morgan fingerprint density at radius 2 is 1.96 bits per heavy atom. The molecule has 0 heterocycles. The van der Waals surface area contributed by atoms with Gasteiger partial charge in [-0.2, -0.15) is 0 Å². The molecule has 2 rings (SSSR count). The number of hydrogen-bond donors (Lipinski definition) is 1. The van der Waals surface area contributed by atoms with Crippen LogP contribution in [-0.4, -0.2) is 34.2 Å². The molecule has 0 atom stereocenters. The summed E-state index contributed by atoms with van der Waals surface area (Å²) in [4.78, 5) is 12.0. The Balaban J connectivity index is 2.02. The molecule has 0 unspecified atom stereocenters. The lowest BCUT2D eigenvalue weighted by atomic mass is 10.2. The van der Waals surface area contributed by atoms with E-state index in [4.69, 9.17) is 16.3 Å². The Morgan fingerprint density at radius 3 is 2.56 bits per heavy atom. The predicted octanol–water partition coefficient (Wildman–Crippen LogP) is 3.67. The number of para-hydroxylation sites is 1.